The van der Waals surface area contributed by atoms with E-state index >= 15 is 0 Å². The van der Waals surface area contributed by atoms with Crippen molar-refractivity contribution < 1.29 is 23.7 Å². The number of carbonyl (C=O) groups excluding carboxylic acids is 1. The van der Waals surface area contributed by atoms with Gasteiger partial charge in [-0.05, 0) is 37.8 Å². The second kappa shape index (κ2) is 9.25. The largest absolute Gasteiger partial charge is 0.492 e. The Labute approximate surface area is 167 Å². The Hall–Kier alpha value is -1.63. The molecule has 0 aromatic heterocycles. The maximum Gasteiger partial charge on any atom is 0.188 e. The number of hydrogen-bond acceptors (Lipinski definition) is 6. The predicted molar refractivity (Wildman–Crippen MR) is 105 cm³/mol. The Kier molecular flexibility index (Phi) is 6.50. The maximum atomic E-state index is 11.6. The van der Waals surface area contributed by atoms with Gasteiger partial charge in [0.2, 0.25) is 0 Å². The number of carbonyl (C=O) groups is 1. The summed E-state index contributed by atoms with van der Waals surface area (Å²) in [6.45, 7) is 2.84. The molecule has 3 aliphatic rings. The van der Waals surface area contributed by atoms with Crippen molar-refractivity contribution in [2.24, 2.45) is 5.92 Å². The monoisotopic (exact) mass is 389 g/mol. The van der Waals surface area contributed by atoms with Crippen molar-refractivity contribution in [3.63, 3.8) is 0 Å². The molecule has 2 bridgehead atoms. The molecule has 4 atom stereocenters. The van der Waals surface area contributed by atoms with E-state index in [4.69, 9.17) is 18.9 Å². The summed E-state index contributed by atoms with van der Waals surface area (Å²) < 4.78 is 22.6. The number of fused-ring (bicyclic) bond motifs is 2. The minimum atomic E-state index is 0.106. The van der Waals surface area contributed by atoms with Gasteiger partial charge in [-0.15, -0.1) is 0 Å². The van der Waals surface area contributed by atoms with Gasteiger partial charge in [-0.3, -0.25) is 9.69 Å². The molecule has 1 aliphatic carbocycles. The first-order valence-electron chi connectivity index (χ1n) is 10.5. The molecule has 4 rings (SSSR count). The molecule has 154 valence electrons. The molecule has 0 amide bonds. The van der Waals surface area contributed by atoms with Crippen LogP contribution in [-0.4, -0.2) is 63.0 Å². The van der Waals surface area contributed by atoms with Gasteiger partial charge in [-0.1, -0.05) is 18.9 Å². The lowest BCUT2D eigenvalue weighted by Gasteiger charge is -2.43. The summed E-state index contributed by atoms with van der Waals surface area (Å²) in [6.07, 6.45) is 8.97. The van der Waals surface area contributed by atoms with Gasteiger partial charge < -0.3 is 18.9 Å². The van der Waals surface area contributed by atoms with Crippen LogP contribution in [-0.2, 0) is 9.47 Å². The normalized spacial score (nSPS) is 30.2. The van der Waals surface area contributed by atoms with E-state index in [1.54, 1.807) is 13.2 Å². The number of ether oxygens (including phenoxy) is 4. The number of hydrogen-bond donors (Lipinski definition) is 0. The highest BCUT2D eigenvalue weighted by Gasteiger charge is 2.39. The Morgan fingerprint density at radius 3 is 2.50 bits per heavy atom. The zero-order valence-corrected chi connectivity index (χ0v) is 16.7. The van der Waals surface area contributed by atoms with Crippen LogP contribution in [0.1, 0.15) is 48.9 Å². The molecular formula is C22H31NO5. The molecule has 1 saturated carbocycles. The minimum Gasteiger partial charge on any atom is -0.492 e. The Bertz CT molecular complexity index is 654. The van der Waals surface area contributed by atoms with E-state index in [-0.39, 0.29) is 6.79 Å². The van der Waals surface area contributed by atoms with Gasteiger partial charge in [0.05, 0.1) is 24.4 Å². The van der Waals surface area contributed by atoms with Crippen LogP contribution in [0, 0.1) is 5.92 Å². The van der Waals surface area contributed by atoms with Crippen LogP contribution >= 0.6 is 0 Å². The van der Waals surface area contributed by atoms with Crippen molar-refractivity contribution in [1.82, 2.24) is 4.90 Å². The predicted octanol–water partition coefficient (Wildman–Crippen LogP) is 3.28. The highest BCUT2D eigenvalue weighted by molar-refractivity contribution is 5.83. The second-order valence-corrected chi connectivity index (χ2v) is 8.17. The highest BCUT2D eigenvalue weighted by Crippen LogP contribution is 2.35. The van der Waals surface area contributed by atoms with Crippen molar-refractivity contribution in [3.05, 3.63) is 23.8 Å². The lowest BCUT2D eigenvalue weighted by molar-refractivity contribution is -0.0698. The minimum absolute atomic E-state index is 0.106. The first kappa shape index (κ1) is 19.7. The van der Waals surface area contributed by atoms with Gasteiger partial charge in [0.25, 0.3) is 0 Å². The van der Waals surface area contributed by atoms with E-state index in [2.05, 4.69) is 4.90 Å². The molecular weight excluding hydrogens is 358 g/mol. The maximum absolute atomic E-state index is 11.6. The molecule has 6 heteroatoms. The standard InChI is InChI=1S/C22H31NO5/c1-25-15-27-22-8-4-7-21(19(22)13-24)26-14-16-5-2-3-6-20(16)23-11-17-9-10-18(12-23)28-17/h4,7-8,13,16-18,20H,2-3,5-6,9-12,14-15H2,1H3/t16-,17?,18?,20+/m0/s1. The molecule has 28 heavy (non-hydrogen) atoms. The molecule has 6 nitrogen and oxygen atoms in total. The third-order valence-electron chi connectivity index (χ3n) is 6.34. The second-order valence-electron chi connectivity index (χ2n) is 8.17. The topological polar surface area (TPSA) is 57.2 Å². The number of nitrogens with zero attached hydrogens (tertiary/aromatic N) is 1. The van der Waals surface area contributed by atoms with Crippen LogP contribution in [0.5, 0.6) is 11.5 Å². The van der Waals surface area contributed by atoms with Gasteiger partial charge in [-0.25, -0.2) is 0 Å². The van der Waals surface area contributed by atoms with Crippen LogP contribution in [0.25, 0.3) is 0 Å². The Morgan fingerprint density at radius 2 is 1.79 bits per heavy atom. The smallest absolute Gasteiger partial charge is 0.188 e. The lowest BCUT2D eigenvalue weighted by atomic mass is 9.83. The van der Waals surface area contributed by atoms with Gasteiger partial charge in [0.15, 0.2) is 13.1 Å². The number of likely N-dealkylation sites (tertiary alicyclic amines) is 1. The molecule has 2 aliphatic heterocycles. The van der Waals surface area contributed by atoms with Gasteiger partial charge in [0, 0.05) is 32.2 Å². The summed E-state index contributed by atoms with van der Waals surface area (Å²) in [5, 5.41) is 0. The number of morpholine rings is 1. The fraction of sp³-hybridized carbons (Fsp3) is 0.682. The van der Waals surface area contributed by atoms with E-state index in [0.29, 0.717) is 47.8 Å². The average Bonchev–Trinajstić information content (AvgIpc) is 3.08. The number of methoxy groups -OCH3 is 1. The zero-order chi connectivity index (χ0) is 19.3. The number of aldehydes is 1. The van der Waals surface area contributed by atoms with Crippen LogP contribution in [0.3, 0.4) is 0 Å². The summed E-state index contributed by atoms with van der Waals surface area (Å²) >= 11 is 0. The van der Waals surface area contributed by atoms with Crippen molar-refractivity contribution >= 4 is 6.29 Å². The molecule has 0 spiro atoms. The summed E-state index contributed by atoms with van der Waals surface area (Å²) in [5.41, 5.74) is 0.455. The third kappa shape index (κ3) is 4.34. The van der Waals surface area contributed by atoms with Crippen LogP contribution in [0.4, 0.5) is 0 Å². The number of benzene rings is 1. The lowest BCUT2D eigenvalue weighted by Crippen LogP contribution is -2.52. The van der Waals surface area contributed by atoms with Crippen molar-refractivity contribution in [2.75, 3.05) is 33.6 Å². The Morgan fingerprint density at radius 1 is 1.07 bits per heavy atom. The van der Waals surface area contributed by atoms with E-state index in [9.17, 15) is 4.79 Å². The van der Waals surface area contributed by atoms with E-state index < -0.39 is 0 Å². The van der Waals surface area contributed by atoms with Crippen LogP contribution in [0.2, 0.25) is 0 Å². The summed E-state index contributed by atoms with van der Waals surface area (Å²) in [4.78, 5) is 14.3. The van der Waals surface area contributed by atoms with Crippen LogP contribution < -0.4 is 9.47 Å². The molecule has 2 heterocycles. The first-order valence-corrected chi connectivity index (χ1v) is 10.5. The highest BCUT2D eigenvalue weighted by atomic mass is 16.7. The third-order valence-corrected chi connectivity index (χ3v) is 6.34. The molecule has 0 N–H and O–H groups in total. The fourth-order valence-corrected chi connectivity index (χ4v) is 4.99. The van der Waals surface area contributed by atoms with Crippen LogP contribution in [0.15, 0.2) is 18.2 Å². The van der Waals surface area contributed by atoms with Gasteiger partial charge in [0.1, 0.15) is 11.5 Å². The molecule has 0 radical (unpaired) electrons. The summed E-state index contributed by atoms with van der Waals surface area (Å²) in [6, 6.07) is 6.01. The molecule has 2 saturated heterocycles. The van der Waals surface area contributed by atoms with Gasteiger partial charge >= 0.3 is 0 Å². The summed E-state index contributed by atoms with van der Waals surface area (Å²) in [7, 11) is 1.56. The molecule has 1 aromatic carbocycles. The number of rotatable bonds is 8. The van der Waals surface area contributed by atoms with Crippen molar-refractivity contribution in [1.29, 1.82) is 0 Å². The molecule has 3 fully saturated rings. The van der Waals surface area contributed by atoms with Crippen molar-refractivity contribution in [3.8, 4) is 11.5 Å². The Balaban J connectivity index is 1.42. The fourth-order valence-electron chi connectivity index (χ4n) is 4.99. The first-order chi connectivity index (χ1) is 13.8. The SMILES string of the molecule is COCOc1cccc(OC[C@@H]2CCCC[C@H]2N2CC3CCC(C2)O3)c1C=O. The molecule has 2 unspecified atom stereocenters. The average molecular weight is 389 g/mol. The molecule has 1 aromatic rings. The van der Waals surface area contributed by atoms with E-state index in [1.165, 1.54) is 38.5 Å². The van der Waals surface area contributed by atoms with Gasteiger partial charge in [-0.2, -0.15) is 0 Å². The van der Waals surface area contributed by atoms with Crippen molar-refractivity contribution in [2.45, 2.75) is 56.8 Å². The zero-order valence-electron chi connectivity index (χ0n) is 16.7. The van der Waals surface area contributed by atoms with E-state index in [1.807, 2.05) is 12.1 Å². The quantitative estimate of drug-likeness (QED) is 0.502. The summed E-state index contributed by atoms with van der Waals surface area (Å²) in [5.74, 6) is 1.57. The van der Waals surface area contributed by atoms with E-state index in [0.717, 1.165) is 19.4 Å².